The van der Waals surface area contributed by atoms with Crippen LogP contribution in [0.25, 0.3) is 0 Å². The van der Waals surface area contributed by atoms with Gasteiger partial charge in [0, 0.05) is 35.1 Å². The second kappa shape index (κ2) is 5.69. The summed E-state index contributed by atoms with van der Waals surface area (Å²) in [6.45, 7) is 2.14. The van der Waals surface area contributed by atoms with Crippen LogP contribution in [0.4, 0.5) is 0 Å². The fraction of sp³-hybridized carbons (Fsp3) is 0.417. The molecule has 2 rings (SSSR count). The van der Waals surface area contributed by atoms with Gasteiger partial charge in [-0.05, 0) is 18.9 Å². The largest absolute Gasteiger partial charge is 0.454 e. The summed E-state index contributed by atoms with van der Waals surface area (Å²) in [6.07, 6.45) is 3.18. The number of hydrogen-bond donors (Lipinski definition) is 0. The van der Waals surface area contributed by atoms with Gasteiger partial charge in [0.1, 0.15) is 6.10 Å². The molecular formula is C12H14NaO2. The Morgan fingerprint density at radius 3 is 2.80 bits per heavy atom. The van der Waals surface area contributed by atoms with Crippen molar-refractivity contribution in [3.8, 4) is 0 Å². The van der Waals surface area contributed by atoms with Gasteiger partial charge in [0.25, 0.3) is 0 Å². The molecule has 0 fully saturated rings. The van der Waals surface area contributed by atoms with E-state index in [9.17, 15) is 4.79 Å². The summed E-state index contributed by atoms with van der Waals surface area (Å²) in [5.41, 5.74) is 1.81. The maximum absolute atomic E-state index is 11.4. The summed E-state index contributed by atoms with van der Waals surface area (Å²) in [5, 5.41) is 0. The molecule has 3 heteroatoms. The van der Waals surface area contributed by atoms with Gasteiger partial charge in [-0.3, -0.25) is 0 Å². The van der Waals surface area contributed by atoms with E-state index in [-0.39, 0.29) is 41.6 Å². The van der Waals surface area contributed by atoms with Crippen molar-refractivity contribution in [1.82, 2.24) is 0 Å². The van der Waals surface area contributed by atoms with Gasteiger partial charge in [0.15, 0.2) is 0 Å². The molecule has 0 bridgehead atoms. The first-order valence-electron chi connectivity index (χ1n) is 5.13. The van der Waals surface area contributed by atoms with Crippen LogP contribution >= 0.6 is 0 Å². The number of rotatable bonds is 3. The summed E-state index contributed by atoms with van der Waals surface area (Å²) < 4.78 is 5.29. The Morgan fingerprint density at radius 1 is 1.33 bits per heavy atom. The van der Waals surface area contributed by atoms with Crippen LogP contribution in [0.1, 0.15) is 48.2 Å². The van der Waals surface area contributed by atoms with Crippen molar-refractivity contribution in [2.24, 2.45) is 0 Å². The van der Waals surface area contributed by atoms with Crippen molar-refractivity contribution in [2.45, 2.75) is 32.3 Å². The standard InChI is InChI=1S/C12H14O2.Na/c1-2-3-8-11-9-6-4-5-7-10(9)12(13)14-11;/h4-7,11H,2-3,8H2,1H3;. The third-order valence-corrected chi connectivity index (χ3v) is 2.60. The summed E-state index contributed by atoms with van der Waals surface area (Å²) in [4.78, 5) is 11.4. The molecule has 1 atom stereocenters. The average Bonchev–Trinajstić information content (AvgIpc) is 2.54. The van der Waals surface area contributed by atoms with Gasteiger partial charge < -0.3 is 4.74 Å². The molecule has 1 aliphatic rings. The molecule has 1 unspecified atom stereocenters. The second-order valence-corrected chi connectivity index (χ2v) is 3.62. The van der Waals surface area contributed by atoms with E-state index in [1.165, 1.54) is 0 Å². The normalized spacial score (nSPS) is 17.9. The van der Waals surface area contributed by atoms with Gasteiger partial charge in [0.05, 0.1) is 5.56 Å². The Kier molecular flexibility index (Phi) is 4.84. The maximum Gasteiger partial charge on any atom is 0.339 e. The molecule has 1 aliphatic heterocycles. The predicted molar refractivity (Wildman–Crippen MR) is 59.9 cm³/mol. The predicted octanol–water partition coefficient (Wildman–Crippen LogP) is 2.71. The first-order chi connectivity index (χ1) is 6.83. The summed E-state index contributed by atoms with van der Waals surface area (Å²) in [7, 11) is 0. The monoisotopic (exact) mass is 213 g/mol. The molecular weight excluding hydrogens is 199 g/mol. The number of fused-ring (bicyclic) bond motifs is 1. The Morgan fingerprint density at radius 2 is 2.07 bits per heavy atom. The average molecular weight is 213 g/mol. The van der Waals surface area contributed by atoms with E-state index in [1.807, 2.05) is 24.3 Å². The van der Waals surface area contributed by atoms with Crippen LogP contribution in [-0.2, 0) is 4.74 Å². The molecule has 2 nitrogen and oxygen atoms in total. The molecule has 0 aromatic heterocycles. The molecule has 75 valence electrons. The molecule has 1 heterocycles. The van der Waals surface area contributed by atoms with Crippen molar-refractivity contribution in [3.63, 3.8) is 0 Å². The minimum Gasteiger partial charge on any atom is -0.454 e. The zero-order valence-electron chi connectivity index (χ0n) is 9.32. The van der Waals surface area contributed by atoms with Crippen molar-refractivity contribution >= 4 is 35.5 Å². The molecule has 0 amide bonds. The van der Waals surface area contributed by atoms with E-state index in [4.69, 9.17) is 4.74 Å². The molecule has 0 spiro atoms. The van der Waals surface area contributed by atoms with Crippen LogP contribution in [0.2, 0.25) is 0 Å². The van der Waals surface area contributed by atoms with E-state index >= 15 is 0 Å². The van der Waals surface area contributed by atoms with Crippen LogP contribution in [0.3, 0.4) is 0 Å². The van der Waals surface area contributed by atoms with Crippen molar-refractivity contribution in [1.29, 1.82) is 0 Å². The van der Waals surface area contributed by atoms with E-state index < -0.39 is 0 Å². The fourth-order valence-corrected chi connectivity index (χ4v) is 1.82. The van der Waals surface area contributed by atoms with Crippen molar-refractivity contribution < 1.29 is 9.53 Å². The zero-order chi connectivity index (χ0) is 9.97. The Hall–Kier alpha value is -0.310. The minimum absolute atomic E-state index is 0. The third kappa shape index (κ3) is 2.63. The fourth-order valence-electron chi connectivity index (χ4n) is 1.82. The number of ether oxygens (including phenoxy) is 1. The van der Waals surface area contributed by atoms with Gasteiger partial charge in [-0.15, -0.1) is 0 Å². The SMILES string of the molecule is CCCCC1OC(=O)c2ccccc21.[Na]. The number of hydrogen-bond acceptors (Lipinski definition) is 2. The number of cyclic esters (lactones) is 1. The Labute approximate surface area is 112 Å². The third-order valence-electron chi connectivity index (χ3n) is 2.60. The van der Waals surface area contributed by atoms with E-state index in [2.05, 4.69) is 6.92 Å². The van der Waals surface area contributed by atoms with E-state index in [0.717, 1.165) is 30.4 Å². The van der Waals surface area contributed by atoms with Crippen LogP contribution in [0.15, 0.2) is 24.3 Å². The van der Waals surface area contributed by atoms with Gasteiger partial charge in [-0.2, -0.15) is 0 Å². The first kappa shape index (κ1) is 12.8. The number of carbonyl (C=O) groups excluding carboxylic acids is 1. The Balaban J connectivity index is 0.00000112. The maximum atomic E-state index is 11.4. The van der Waals surface area contributed by atoms with Crippen LogP contribution in [0.5, 0.6) is 0 Å². The molecule has 1 radical (unpaired) electrons. The summed E-state index contributed by atoms with van der Waals surface area (Å²) in [5.74, 6) is -0.165. The first-order valence-corrected chi connectivity index (χ1v) is 5.13. The molecule has 0 saturated heterocycles. The zero-order valence-corrected chi connectivity index (χ0v) is 11.3. The van der Waals surface area contributed by atoms with Crippen LogP contribution in [-0.4, -0.2) is 35.5 Å². The summed E-state index contributed by atoms with van der Waals surface area (Å²) in [6, 6.07) is 7.66. The number of esters is 1. The number of unbranched alkanes of at least 4 members (excludes halogenated alkanes) is 1. The number of benzene rings is 1. The van der Waals surface area contributed by atoms with Crippen molar-refractivity contribution in [2.75, 3.05) is 0 Å². The van der Waals surface area contributed by atoms with Gasteiger partial charge >= 0.3 is 5.97 Å². The summed E-state index contributed by atoms with van der Waals surface area (Å²) >= 11 is 0. The van der Waals surface area contributed by atoms with Gasteiger partial charge in [0.2, 0.25) is 0 Å². The molecule has 1 aromatic rings. The minimum atomic E-state index is -0.165. The van der Waals surface area contributed by atoms with Crippen LogP contribution in [0, 0.1) is 0 Å². The second-order valence-electron chi connectivity index (χ2n) is 3.62. The molecule has 0 aliphatic carbocycles. The van der Waals surface area contributed by atoms with Crippen molar-refractivity contribution in [3.05, 3.63) is 35.4 Å². The topological polar surface area (TPSA) is 26.3 Å². The molecule has 0 saturated carbocycles. The van der Waals surface area contributed by atoms with E-state index in [1.54, 1.807) is 0 Å². The Bertz CT molecular complexity index is 349. The molecule has 15 heavy (non-hydrogen) atoms. The number of carbonyl (C=O) groups is 1. The molecule has 1 aromatic carbocycles. The molecule has 0 N–H and O–H groups in total. The van der Waals surface area contributed by atoms with Gasteiger partial charge in [-0.1, -0.05) is 31.5 Å². The van der Waals surface area contributed by atoms with Gasteiger partial charge in [-0.25, -0.2) is 4.79 Å². The quantitative estimate of drug-likeness (QED) is 0.570. The van der Waals surface area contributed by atoms with Crippen LogP contribution < -0.4 is 0 Å². The smallest absolute Gasteiger partial charge is 0.339 e. The van der Waals surface area contributed by atoms with E-state index in [0.29, 0.717) is 0 Å².